The van der Waals surface area contributed by atoms with E-state index in [-0.39, 0.29) is 17.0 Å². The van der Waals surface area contributed by atoms with Crippen molar-refractivity contribution in [3.63, 3.8) is 0 Å². The van der Waals surface area contributed by atoms with Crippen LogP contribution in [0, 0.1) is 5.82 Å². The van der Waals surface area contributed by atoms with Crippen LogP contribution < -0.4 is 9.64 Å². The predicted octanol–water partition coefficient (Wildman–Crippen LogP) is 5.70. The number of hydrogen-bond acceptors (Lipinski definition) is 5. The molecular formula is C25H25FN2O3S. The molecule has 1 saturated heterocycles. The number of carbonyl (C=O) groups is 2. The number of nitrogens with zero attached hydrogens (tertiary/aromatic N) is 2. The second-order valence-corrected chi connectivity index (χ2v) is 9.50. The lowest BCUT2D eigenvalue weighted by molar-refractivity contribution is -0.123. The number of amides is 2. The minimum atomic E-state index is -0.443. The van der Waals surface area contributed by atoms with E-state index in [1.807, 2.05) is 19.2 Å². The molecule has 1 fully saturated rings. The molecule has 0 N–H and O–H groups in total. The third kappa shape index (κ3) is 3.81. The van der Waals surface area contributed by atoms with Crippen molar-refractivity contribution >= 4 is 40.2 Å². The molecule has 2 amide bonds. The van der Waals surface area contributed by atoms with Crippen molar-refractivity contribution in [3.05, 3.63) is 69.9 Å². The van der Waals surface area contributed by atoms with E-state index < -0.39 is 17.0 Å². The quantitative estimate of drug-likeness (QED) is 0.557. The summed E-state index contributed by atoms with van der Waals surface area (Å²) in [6.45, 7) is 6.25. The van der Waals surface area contributed by atoms with E-state index in [1.54, 1.807) is 31.4 Å². The minimum Gasteiger partial charge on any atom is -0.496 e. The first-order valence-corrected chi connectivity index (χ1v) is 11.1. The number of carbonyl (C=O) groups excluding carboxylic acids is 2. The van der Waals surface area contributed by atoms with Gasteiger partial charge in [-0.15, -0.1) is 0 Å². The summed E-state index contributed by atoms with van der Waals surface area (Å²) in [4.78, 5) is 29.0. The van der Waals surface area contributed by atoms with Crippen LogP contribution in [0.2, 0.25) is 0 Å². The number of imide groups is 1. The Bertz CT molecular complexity index is 1190. The number of likely N-dealkylation sites (N-methyl/N-ethyl adjacent to an activating group) is 1. The average molecular weight is 453 g/mol. The van der Waals surface area contributed by atoms with Crippen molar-refractivity contribution in [2.24, 2.45) is 0 Å². The van der Waals surface area contributed by atoms with Gasteiger partial charge < -0.3 is 9.64 Å². The van der Waals surface area contributed by atoms with Crippen LogP contribution in [0.1, 0.15) is 37.5 Å². The van der Waals surface area contributed by atoms with Crippen molar-refractivity contribution in [2.75, 3.05) is 19.1 Å². The Hall–Kier alpha value is -3.06. The fourth-order valence-corrected chi connectivity index (χ4v) is 4.89. The molecule has 2 aliphatic heterocycles. The summed E-state index contributed by atoms with van der Waals surface area (Å²) < 4.78 is 19.6. The van der Waals surface area contributed by atoms with Crippen molar-refractivity contribution < 1.29 is 18.7 Å². The lowest BCUT2D eigenvalue weighted by atomic mass is 9.88. The molecule has 2 aromatic carbocycles. The highest BCUT2D eigenvalue weighted by Gasteiger charge is 2.36. The molecule has 5 nitrogen and oxygen atoms in total. The molecule has 2 aliphatic rings. The van der Waals surface area contributed by atoms with Crippen LogP contribution in [-0.4, -0.2) is 35.7 Å². The van der Waals surface area contributed by atoms with Crippen LogP contribution in [0.5, 0.6) is 5.75 Å². The summed E-state index contributed by atoms with van der Waals surface area (Å²) in [5, 5.41) is -0.418. The molecule has 0 unspecified atom stereocenters. The van der Waals surface area contributed by atoms with E-state index >= 15 is 0 Å². The number of benzene rings is 2. The van der Waals surface area contributed by atoms with Gasteiger partial charge in [-0.2, -0.15) is 0 Å². The van der Waals surface area contributed by atoms with Crippen LogP contribution >= 0.6 is 11.8 Å². The van der Waals surface area contributed by atoms with E-state index in [4.69, 9.17) is 4.74 Å². The highest BCUT2D eigenvalue weighted by molar-refractivity contribution is 8.18. The topological polar surface area (TPSA) is 49.9 Å². The molecular weight excluding hydrogens is 427 g/mol. The summed E-state index contributed by atoms with van der Waals surface area (Å²) in [5.74, 6) is -0.267. The number of ether oxygens (including phenoxy) is 1. The van der Waals surface area contributed by atoms with Gasteiger partial charge in [0.05, 0.1) is 24.1 Å². The molecule has 0 radical (unpaired) electrons. The number of halogens is 1. The fraction of sp³-hybridized carbons (Fsp3) is 0.280. The Morgan fingerprint density at radius 2 is 1.91 bits per heavy atom. The zero-order valence-electron chi connectivity index (χ0n) is 18.7. The molecule has 0 spiro atoms. The van der Waals surface area contributed by atoms with Crippen LogP contribution in [0.25, 0.3) is 11.6 Å². The van der Waals surface area contributed by atoms with E-state index in [9.17, 15) is 14.0 Å². The lowest BCUT2D eigenvalue weighted by Crippen LogP contribution is -2.42. The van der Waals surface area contributed by atoms with E-state index in [2.05, 4.69) is 31.7 Å². The Balaban J connectivity index is 1.70. The SMILES string of the molecule is COc1cc2c(cc1/C=C1/SC(=O)N(Cc3ccccc3F)C1=O)C(C)=CC(C)(C)N2C. The van der Waals surface area contributed by atoms with Gasteiger partial charge in [-0.25, -0.2) is 4.39 Å². The molecule has 7 heteroatoms. The molecule has 166 valence electrons. The average Bonchev–Trinajstić information content (AvgIpc) is 3.00. The number of hydrogen-bond donors (Lipinski definition) is 0. The van der Waals surface area contributed by atoms with Gasteiger partial charge in [0.1, 0.15) is 11.6 Å². The highest BCUT2D eigenvalue weighted by atomic mass is 32.2. The number of rotatable bonds is 4. The van der Waals surface area contributed by atoms with Gasteiger partial charge in [0.15, 0.2) is 0 Å². The van der Waals surface area contributed by atoms with Gasteiger partial charge >= 0.3 is 0 Å². The number of fused-ring (bicyclic) bond motifs is 1. The maximum atomic E-state index is 14.0. The maximum Gasteiger partial charge on any atom is 0.293 e. The first-order valence-electron chi connectivity index (χ1n) is 10.3. The molecule has 0 atom stereocenters. The molecule has 4 rings (SSSR count). The van der Waals surface area contributed by atoms with Gasteiger partial charge in [-0.05, 0) is 56.3 Å². The van der Waals surface area contributed by atoms with Gasteiger partial charge in [0, 0.05) is 35.5 Å². The number of allylic oxidation sites excluding steroid dienone is 1. The summed E-state index contributed by atoms with van der Waals surface area (Å²) in [7, 11) is 3.62. The minimum absolute atomic E-state index is 0.0995. The Morgan fingerprint density at radius 3 is 2.59 bits per heavy atom. The normalized spacial score (nSPS) is 18.8. The summed E-state index contributed by atoms with van der Waals surface area (Å²) in [5.41, 5.74) is 4.09. The van der Waals surface area contributed by atoms with Gasteiger partial charge in [0.2, 0.25) is 0 Å². The lowest BCUT2D eigenvalue weighted by Gasteiger charge is -2.41. The maximum absolute atomic E-state index is 14.0. The molecule has 32 heavy (non-hydrogen) atoms. The number of methoxy groups -OCH3 is 1. The number of thioether (sulfide) groups is 1. The third-order valence-electron chi connectivity index (χ3n) is 6.01. The molecule has 2 aromatic rings. The molecule has 0 saturated carbocycles. The van der Waals surface area contributed by atoms with E-state index in [0.29, 0.717) is 16.9 Å². The largest absolute Gasteiger partial charge is 0.496 e. The fourth-order valence-electron chi connectivity index (χ4n) is 4.06. The Kier molecular flexibility index (Phi) is 5.63. The standard InChI is InChI=1S/C25H25FN2O3S/c1-15-13-25(2,3)27(4)20-12-21(31-5)17(10-18(15)20)11-22-23(29)28(24(30)32-22)14-16-8-6-7-9-19(16)26/h6-13H,14H2,1-5H3/b22-11+. The van der Waals surface area contributed by atoms with Gasteiger partial charge in [0.25, 0.3) is 11.1 Å². The first kappa shape index (κ1) is 22.1. The van der Waals surface area contributed by atoms with Crippen LogP contribution in [0.15, 0.2) is 47.4 Å². The second-order valence-electron chi connectivity index (χ2n) is 8.51. The molecule has 0 bridgehead atoms. The molecule has 2 heterocycles. The summed E-state index contributed by atoms with van der Waals surface area (Å²) >= 11 is 0.855. The van der Waals surface area contributed by atoms with Gasteiger partial charge in [-0.3, -0.25) is 14.5 Å². The first-order chi connectivity index (χ1) is 15.1. The zero-order chi connectivity index (χ0) is 23.2. The summed E-state index contributed by atoms with van der Waals surface area (Å²) in [6, 6.07) is 10.1. The second kappa shape index (κ2) is 8.13. The molecule has 0 aromatic heterocycles. The van der Waals surface area contributed by atoms with Crippen LogP contribution in [-0.2, 0) is 11.3 Å². The van der Waals surface area contributed by atoms with E-state index in [0.717, 1.165) is 33.5 Å². The van der Waals surface area contributed by atoms with Gasteiger partial charge in [-0.1, -0.05) is 24.3 Å². The Morgan fingerprint density at radius 1 is 1.19 bits per heavy atom. The Labute approximate surface area is 191 Å². The summed E-state index contributed by atoms with van der Waals surface area (Å²) in [6.07, 6.45) is 3.88. The monoisotopic (exact) mass is 452 g/mol. The van der Waals surface area contributed by atoms with Crippen LogP contribution in [0.3, 0.4) is 0 Å². The predicted molar refractivity (Wildman–Crippen MR) is 127 cm³/mol. The van der Waals surface area contributed by atoms with Crippen LogP contribution in [0.4, 0.5) is 14.9 Å². The third-order valence-corrected chi connectivity index (χ3v) is 6.92. The van der Waals surface area contributed by atoms with Crippen molar-refractivity contribution in [1.29, 1.82) is 0 Å². The van der Waals surface area contributed by atoms with Crippen molar-refractivity contribution in [3.8, 4) is 5.75 Å². The van der Waals surface area contributed by atoms with Crippen molar-refractivity contribution in [1.82, 2.24) is 4.90 Å². The highest BCUT2D eigenvalue weighted by Crippen LogP contribution is 2.43. The smallest absolute Gasteiger partial charge is 0.293 e. The zero-order valence-corrected chi connectivity index (χ0v) is 19.5. The van der Waals surface area contributed by atoms with E-state index in [1.165, 1.54) is 6.07 Å². The van der Waals surface area contributed by atoms with Crippen molar-refractivity contribution in [2.45, 2.75) is 32.9 Å². The molecule has 0 aliphatic carbocycles. The number of anilines is 1.